The maximum absolute atomic E-state index is 12.9. The van der Waals surface area contributed by atoms with Crippen LogP contribution in [0.3, 0.4) is 0 Å². The first-order valence-corrected chi connectivity index (χ1v) is 8.07. The number of furan rings is 1. The van der Waals surface area contributed by atoms with Crippen LogP contribution in [0.15, 0.2) is 34.9 Å². The van der Waals surface area contributed by atoms with Crippen LogP contribution in [-0.4, -0.2) is 23.6 Å². The number of fused-ring (bicyclic) bond motifs is 1. The fourth-order valence-electron chi connectivity index (χ4n) is 3.12. The molecule has 0 spiro atoms. The SMILES string of the molecule is C[C@]1(c2ccco2)NC(=O)N(Cc2cc(Cl)cc3c2OCOC3)C1=O. The number of benzene rings is 1. The molecule has 130 valence electrons. The summed E-state index contributed by atoms with van der Waals surface area (Å²) in [4.78, 5) is 26.4. The minimum atomic E-state index is -1.23. The predicted molar refractivity (Wildman–Crippen MR) is 86.9 cm³/mol. The zero-order chi connectivity index (χ0) is 17.6. The molecule has 7 nitrogen and oxygen atoms in total. The van der Waals surface area contributed by atoms with Gasteiger partial charge in [-0.05, 0) is 31.2 Å². The van der Waals surface area contributed by atoms with Gasteiger partial charge in [-0.15, -0.1) is 0 Å². The van der Waals surface area contributed by atoms with E-state index in [-0.39, 0.29) is 13.3 Å². The van der Waals surface area contributed by atoms with Gasteiger partial charge in [0.1, 0.15) is 11.5 Å². The lowest BCUT2D eigenvalue weighted by Gasteiger charge is -2.23. The smallest absolute Gasteiger partial charge is 0.325 e. The monoisotopic (exact) mass is 362 g/mol. The van der Waals surface area contributed by atoms with Crippen molar-refractivity contribution < 1.29 is 23.5 Å². The maximum atomic E-state index is 12.9. The summed E-state index contributed by atoms with van der Waals surface area (Å²) in [6.45, 7) is 2.15. The Labute approximate surface area is 148 Å². The van der Waals surface area contributed by atoms with Crippen LogP contribution >= 0.6 is 11.6 Å². The summed E-state index contributed by atoms with van der Waals surface area (Å²) in [7, 11) is 0. The molecule has 1 atom stereocenters. The van der Waals surface area contributed by atoms with Crippen molar-refractivity contribution in [3.8, 4) is 5.75 Å². The van der Waals surface area contributed by atoms with Gasteiger partial charge in [0.05, 0.1) is 19.4 Å². The van der Waals surface area contributed by atoms with E-state index in [9.17, 15) is 9.59 Å². The Bertz CT molecular complexity index is 851. The number of carbonyl (C=O) groups is 2. The Kier molecular flexibility index (Phi) is 3.70. The number of hydrogen-bond acceptors (Lipinski definition) is 5. The third kappa shape index (κ3) is 2.56. The Hall–Kier alpha value is -2.51. The Balaban J connectivity index is 1.67. The van der Waals surface area contributed by atoms with Gasteiger partial charge in [-0.2, -0.15) is 0 Å². The molecule has 2 aliphatic rings. The van der Waals surface area contributed by atoms with Crippen LogP contribution in [0.2, 0.25) is 5.02 Å². The molecule has 0 bridgehead atoms. The van der Waals surface area contributed by atoms with E-state index in [1.54, 1.807) is 31.2 Å². The highest BCUT2D eigenvalue weighted by Gasteiger charge is 2.51. The number of urea groups is 1. The highest BCUT2D eigenvalue weighted by molar-refractivity contribution is 6.30. The van der Waals surface area contributed by atoms with Gasteiger partial charge in [-0.25, -0.2) is 4.79 Å². The van der Waals surface area contributed by atoms with Crippen LogP contribution in [-0.2, 0) is 28.2 Å². The number of imide groups is 1. The fraction of sp³-hybridized carbons (Fsp3) is 0.294. The molecule has 1 aromatic heterocycles. The number of ether oxygens (including phenoxy) is 2. The van der Waals surface area contributed by atoms with Crippen LogP contribution in [0.1, 0.15) is 23.8 Å². The second-order valence-corrected chi connectivity index (χ2v) is 6.52. The molecule has 0 saturated carbocycles. The normalized spacial score (nSPS) is 22.6. The van der Waals surface area contributed by atoms with E-state index >= 15 is 0 Å². The first kappa shape index (κ1) is 16.0. The zero-order valence-electron chi connectivity index (χ0n) is 13.4. The van der Waals surface area contributed by atoms with E-state index in [0.29, 0.717) is 28.7 Å². The third-order valence-electron chi connectivity index (χ3n) is 4.37. The van der Waals surface area contributed by atoms with Gasteiger partial charge in [-0.1, -0.05) is 11.6 Å². The minimum absolute atomic E-state index is 0.0455. The highest BCUT2D eigenvalue weighted by atomic mass is 35.5. The molecule has 0 radical (unpaired) electrons. The molecule has 2 aliphatic heterocycles. The highest BCUT2D eigenvalue weighted by Crippen LogP contribution is 2.35. The summed E-state index contributed by atoms with van der Waals surface area (Å²) in [5.74, 6) is 0.585. The van der Waals surface area contributed by atoms with Gasteiger partial charge < -0.3 is 19.2 Å². The van der Waals surface area contributed by atoms with E-state index in [4.69, 9.17) is 25.5 Å². The van der Waals surface area contributed by atoms with E-state index in [0.717, 1.165) is 10.5 Å². The summed E-state index contributed by atoms with van der Waals surface area (Å²) < 4.78 is 16.1. The second-order valence-electron chi connectivity index (χ2n) is 6.09. The van der Waals surface area contributed by atoms with E-state index < -0.39 is 17.5 Å². The lowest BCUT2D eigenvalue weighted by Crippen LogP contribution is -2.40. The fourth-order valence-corrected chi connectivity index (χ4v) is 3.38. The zero-order valence-corrected chi connectivity index (χ0v) is 14.1. The molecule has 0 unspecified atom stereocenters. The van der Waals surface area contributed by atoms with Gasteiger partial charge >= 0.3 is 6.03 Å². The van der Waals surface area contributed by atoms with Gasteiger partial charge in [0.25, 0.3) is 5.91 Å². The molecule has 3 amide bonds. The maximum Gasteiger partial charge on any atom is 0.325 e. The van der Waals surface area contributed by atoms with E-state index in [1.807, 2.05) is 0 Å². The van der Waals surface area contributed by atoms with Crippen molar-refractivity contribution in [2.24, 2.45) is 0 Å². The third-order valence-corrected chi connectivity index (χ3v) is 4.59. The summed E-state index contributed by atoms with van der Waals surface area (Å²) in [6.07, 6.45) is 1.46. The van der Waals surface area contributed by atoms with Crippen molar-refractivity contribution in [2.75, 3.05) is 6.79 Å². The molecule has 1 aromatic carbocycles. The molecule has 3 heterocycles. The van der Waals surface area contributed by atoms with Crippen molar-refractivity contribution in [2.45, 2.75) is 25.6 Å². The molecular weight excluding hydrogens is 348 g/mol. The quantitative estimate of drug-likeness (QED) is 0.849. The van der Waals surface area contributed by atoms with Crippen molar-refractivity contribution in [3.05, 3.63) is 52.4 Å². The largest absolute Gasteiger partial charge is 0.467 e. The lowest BCUT2D eigenvalue weighted by atomic mass is 9.99. The lowest BCUT2D eigenvalue weighted by molar-refractivity contribution is -0.132. The van der Waals surface area contributed by atoms with Gasteiger partial charge in [0.2, 0.25) is 0 Å². The molecular formula is C17H15ClN2O5. The Morgan fingerprint density at radius 1 is 1.36 bits per heavy atom. The number of nitrogens with one attached hydrogen (secondary N) is 1. The minimum Gasteiger partial charge on any atom is -0.467 e. The number of carbonyl (C=O) groups excluding carboxylic acids is 2. The first-order valence-electron chi connectivity index (χ1n) is 7.69. The van der Waals surface area contributed by atoms with E-state index in [1.165, 1.54) is 6.26 Å². The van der Waals surface area contributed by atoms with Crippen LogP contribution in [0, 0.1) is 0 Å². The van der Waals surface area contributed by atoms with Gasteiger partial charge in [0.15, 0.2) is 12.3 Å². The number of hydrogen-bond donors (Lipinski definition) is 1. The van der Waals surface area contributed by atoms with E-state index in [2.05, 4.69) is 5.32 Å². The van der Waals surface area contributed by atoms with Crippen LogP contribution in [0.25, 0.3) is 0 Å². The molecule has 4 rings (SSSR count). The number of nitrogens with zero attached hydrogens (tertiary/aromatic N) is 1. The number of halogens is 1. The average Bonchev–Trinajstić information content (AvgIpc) is 3.19. The molecule has 2 aromatic rings. The second kappa shape index (κ2) is 5.79. The summed E-state index contributed by atoms with van der Waals surface area (Å²) in [5.41, 5.74) is 0.205. The Morgan fingerprint density at radius 3 is 2.96 bits per heavy atom. The van der Waals surface area contributed by atoms with Gasteiger partial charge in [0, 0.05) is 16.1 Å². The molecule has 1 N–H and O–H groups in total. The molecule has 0 aliphatic carbocycles. The Morgan fingerprint density at radius 2 is 2.20 bits per heavy atom. The number of rotatable bonds is 3. The molecule has 25 heavy (non-hydrogen) atoms. The topological polar surface area (TPSA) is 81.0 Å². The van der Waals surface area contributed by atoms with Crippen LogP contribution in [0.4, 0.5) is 4.79 Å². The summed E-state index contributed by atoms with van der Waals surface area (Å²) >= 11 is 6.15. The number of amides is 3. The first-order chi connectivity index (χ1) is 12.0. The van der Waals surface area contributed by atoms with Crippen molar-refractivity contribution in [1.82, 2.24) is 10.2 Å². The molecule has 1 saturated heterocycles. The predicted octanol–water partition coefficient (Wildman–Crippen LogP) is 2.77. The van der Waals surface area contributed by atoms with Gasteiger partial charge in [-0.3, -0.25) is 9.69 Å². The molecule has 1 fully saturated rings. The summed E-state index contributed by atoms with van der Waals surface area (Å²) in [5, 5.41) is 3.18. The van der Waals surface area contributed by atoms with Crippen molar-refractivity contribution >= 4 is 23.5 Å². The van der Waals surface area contributed by atoms with Crippen molar-refractivity contribution in [1.29, 1.82) is 0 Å². The van der Waals surface area contributed by atoms with Crippen molar-refractivity contribution in [3.63, 3.8) is 0 Å². The average molecular weight is 363 g/mol. The van der Waals surface area contributed by atoms with Crippen LogP contribution < -0.4 is 10.1 Å². The standard InChI is InChI=1S/C17H15ClN2O5/c1-17(13-3-2-4-24-13)15(21)20(16(22)19-17)7-10-5-12(18)6-11-8-23-9-25-14(10)11/h2-6H,7-9H2,1H3,(H,19,22)/t17-/m1/s1. The summed E-state index contributed by atoms with van der Waals surface area (Å²) in [6, 6.07) is 6.27. The molecule has 8 heteroatoms. The van der Waals surface area contributed by atoms with Crippen LogP contribution in [0.5, 0.6) is 5.75 Å².